The molecule has 0 aliphatic heterocycles. The van der Waals surface area contributed by atoms with E-state index >= 15 is 0 Å². The molecule has 0 N–H and O–H groups in total. The Kier molecular flexibility index (Phi) is 2.50. The van der Waals surface area contributed by atoms with Gasteiger partial charge in [-0.1, -0.05) is 66.7 Å². The average molecular weight is 255 g/mol. The molecule has 0 fully saturated rings. The number of hydrogen-bond donors (Lipinski definition) is 0. The predicted molar refractivity (Wildman–Crippen MR) is 86.3 cm³/mol. The van der Waals surface area contributed by atoms with Crippen LogP contribution >= 0.6 is 0 Å². The molecule has 0 bridgehead atoms. The molecule has 0 spiro atoms. The van der Waals surface area contributed by atoms with Gasteiger partial charge >= 0.3 is 0 Å². The Morgan fingerprint density at radius 2 is 1.35 bits per heavy atom. The van der Waals surface area contributed by atoms with Gasteiger partial charge in [-0.25, -0.2) is 0 Å². The van der Waals surface area contributed by atoms with Crippen molar-refractivity contribution < 1.29 is 0 Å². The molecule has 1 aliphatic carbocycles. The molecule has 0 heterocycles. The van der Waals surface area contributed by atoms with E-state index in [9.17, 15) is 0 Å². The van der Waals surface area contributed by atoms with Crippen molar-refractivity contribution in [1.82, 2.24) is 0 Å². The third-order valence-electron chi connectivity index (χ3n) is 4.15. The Bertz CT molecular complexity index is 832. The van der Waals surface area contributed by atoms with Crippen LogP contribution < -0.4 is 0 Å². The lowest BCUT2D eigenvalue weighted by Crippen LogP contribution is -1.86. The van der Waals surface area contributed by atoms with Crippen molar-refractivity contribution in [3.8, 4) is 0 Å². The van der Waals surface area contributed by atoms with Gasteiger partial charge in [0.25, 0.3) is 0 Å². The number of benzene rings is 3. The van der Waals surface area contributed by atoms with E-state index in [1.165, 1.54) is 38.6 Å². The molecule has 95 valence electrons. The quantitative estimate of drug-likeness (QED) is 0.551. The Labute approximate surface area is 119 Å². The van der Waals surface area contributed by atoms with Crippen LogP contribution in [0.1, 0.15) is 23.6 Å². The van der Waals surface area contributed by atoms with Gasteiger partial charge in [-0.2, -0.15) is 0 Å². The summed E-state index contributed by atoms with van der Waals surface area (Å²) in [6, 6.07) is 23.8. The smallest absolute Gasteiger partial charge is 0.0214 e. The summed E-state index contributed by atoms with van der Waals surface area (Å²) in [5, 5.41) is 2.63. The van der Waals surface area contributed by atoms with Gasteiger partial charge in [0.2, 0.25) is 0 Å². The molecule has 0 unspecified atom stereocenters. The summed E-state index contributed by atoms with van der Waals surface area (Å²) < 4.78 is 0. The van der Waals surface area contributed by atoms with Crippen LogP contribution in [-0.2, 0) is 0 Å². The highest BCUT2D eigenvalue weighted by Gasteiger charge is 2.20. The zero-order valence-corrected chi connectivity index (χ0v) is 11.4. The van der Waals surface area contributed by atoms with Crippen LogP contribution in [0.5, 0.6) is 0 Å². The average Bonchev–Trinajstić information content (AvgIpc) is 2.84. The van der Waals surface area contributed by atoms with Crippen molar-refractivity contribution in [3.63, 3.8) is 0 Å². The highest BCUT2D eigenvalue weighted by molar-refractivity contribution is 6.07. The van der Waals surface area contributed by atoms with Gasteiger partial charge in [-0.3, -0.25) is 0 Å². The van der Waals surface area contributed by atoms with Crippen LogP contribution in [0, 0.1) is 6.42 Å². The molecule has 1 radical (unpaired) electrons. The third kappa shape index (κ3) is 1.61. The Hall–Kier alpha value is -2.34. The Morgan fingerprint density at radius 1 is 0.650 bits per heavy atom. The second-order valence-electron chi connectivity index (χ2n) is 5.30. The fourth-order valence-corrected chi connectivity index (χ4v) is 3.11. The van der Waals surface area contributed by atoms with Crippen molar-refractivity contribution in [2.45, 2.75) is 6.92 Å². The van der Waals surface area contributed by atoms with E-state index in [0.717, 1.165) is 0 Å². The lowest BCUT2D eigenvalue weighted by atomic mass is 9.95. The molecule has 20 heavy (non-hydrogen) atoms. The second kappa shape index (κ2) is 4.35. The SMILES string of the molecule is CC1=C(c2cccc3ccccc23)[CH]c2ccccc21. The second-order valence-corrected chi connectivity index (χ2v) is 5.30. The van der Waals surface area contributed by atoms with Crippen LogP contribution in [0.2, 0.25) is 0 Å². The Morgan fingerprint density at radius 3 is 2.25 bits per heavy atom. The number of allylic oxidation sites excluding steroid dienone is 2. The lowest BCUT2D eigenvalue weighted by Gasteiger charge is -2.09. The molecule has 0 atom stereocenters. The largest absolute Gasteiger partial charge is 0.0619 e. The minimum Gasteiger partial charge on any atom is -0.0619 e. The summed E-state index contributed by atoms with van der Waals surface area (Å²) in [6.07, 6.45) is 2.31. The Balaban J connectivity index is 1.96. The molecule has 0 saturated heterocycles. The first-order chi connectivity index (χ1) is 9.84. The van der Waals surface area contributed by atoms with Gasteiger partial charge in [0.05, 0.1) is 0 Å². The minimum absolute atomic E-state index is 1.30. The van der Waals surface area contributed by atoms with Gasteiger partial charge in [-0.15, -0.1) is 0 Å². The summed E-state index contributed by atoms with van der Waals surface area (Å²) in [7, 11) is 0. The van der Waals surface area contributed by atoms with Gasteiger partial charge in [0, 0.05) is 6.42 Å². The van der Waals surface area contributed by atoms with Gasteiger partial charge in [0.1, 0.15) is 0 Å². The van der Waals surface area contributed by atoms with E-state index in [-0.39, 0.29) is 0 Å². The van der Waals surface area contributed by atoms with Crippen LogP contribution in [0.15, 0.2) is 66.7 Å². The van der Waals surface area contributed by atoms with Crippen molar-refractivity contribution in [2.24, 2.45) is 0 Å². The number of fused-ring (bicyclic) bond motifs is 2. The van der Waals surface area contributed by atoms with Gasteiger partial charge in [-0.05, 0) is 45.5 Å². The van der Waals surface area contributed by atoms with E-state index < -0.39 is 0 Å². The third-order valence-corrected chi connectivity index (χ3v) is 4.15. The molecule has 0 aromatic heterocycles. The zero-order chi connectivity index (χ0) is 13.5. The molecule has 0 amide bonds. The molecular weight excluding hydrogens is 240 g/mol. The summed E-state index contributed by atoms with van der Waals surface area (Å²) in [4.78, 5) is 0. The van der Waals surface area contributed by atoms with Crippen LogP contribution in [-0.4, -0.2) is 0 Å². The maximum Gasteiger partial charge on any atom is 0.0214 e. The fourth-order valence-electron chi connectivity index (χ4n) is 3.11. The molecule has 3 aromatic rings. The van der Waals surface area contributed by atoms with E-state index in [0.29, 0.717) is 0 Å². The molecule has 4 rings (SSSR count). The predicted octanol–water partition coefficient (Wildman–Crippen LogP) is 5.34. The maximum absolute atomic E-state index is 2.31. The van der Waals surface area contributed by atoms with Crippen molar-refractivity contribution in [3.05, 3.63) is 89.8 Å². The van der Waals surface area contributed by atoms with E-state index in [1.807, 2.05) is 0 Å². The monoisotopic (exact) mass is 255 g/mol. The first-order valence-electron chi connectivity index (χ1n) is 6.98. The first-order valence-corrected chi connectivity index (χ1v) is 6.98. The van der Waals surface area contributed by atoms with Crippen molar-refractivity contribution in [1.29, 1.82) is 0 Å². The van der Waals surface area contributed by atoms with Gasteiger partial charge < -0.3 is 0 Å². The number of hydrogen-bond acceptors (Lipinski definition) is 0. The summed E-state index contributed by atoms with van der Waals surface area (Å²) in [5.41, 5.74) is 6.74. The minimum atomic E-state index is 1.30. The molecule has 0 nitrogen and oxygen atoms in total. The highest BCUT2D eigenvalue weighted by Crippen LogP contribution is 2.41. The van der Waals surface area contributed by atoms with Crippen LogP contribution in [0.25, 0.3) is 21.9 Å². The molecule has 0 heteroatoms. The summed E-state index contributed by atoms with van der Waals surface area (Å²) in [6.45, 7) is 2.22. The molecule has 3 aromatic carbocycles. The molecule has 1 aliphatic rings. The van der Waals surface area contributed by atoms with E-state index in [2.05, 4.69) is 80.1 Å². The normalized spacial score (nSPS) is 13.8. The van der Waals surface area contributed by atoms with Crippen molar-refractivity contribution in [2.75, 3.05) is 0 Å². The standard InChI is InChI=1S/C20H15/c1-14-17-10-4-3-8-16(17)13-20(14)19-12-6-9-15-7-2-5-11-18(15)19/h2-13H,1H3. The van der Waals surface area contributed by atoms with Crippen LogP contribution in [0.4, 0.5) is 0 Å². The molecular formula is C20H15. The lowest BCUT2D eigenvalue weighted by molar-refractivity contribution is 1.52. The first kappa shape index (κ1) is 11.5. The highest BCUT2D eigenvalue weighted by atomic mass is 14.2. The van der Waals surface area contributed by atoms with Gasteiger partial charge in [0.15, 0.2) is 0 Å². The van der Waals surface area contributed by atoms with Crippen LogP contribution in [0.3, 0.4) is 0 Å². The molecule has 0 saturated carbocycles. The van der Waals surface area contributed by atoms with E-state index in [1.54, 1.807) is 0 Å². The van der Waals surface area contributed by atoms with Crippen molar-refractivity contribution >= 4 is 21.9 Å². The van der Waals surface area contributed by atoms with E-state index in [4.69, 9.17) is 0 Å². The number of rotatable bonds is 1. The maximum atomic E-state index is 2.31. The zero-order valence-electron chi connectivity index (χ0n) is 11.4. The fraction of sp³-hybridized carbons (Fsp3) is 0.0500. The summed E-state index contributed by atoms with van der Waals surface area (Å²) in [5.74, 6) is 0. The summed E-state index contributed by atoms with van der Waals surface area (Å²) >= 11 is 0. The topological polar surface area (TPSA) is 0 Å².